The predicted molar refractivity (Wildman–Crippen MR) is 89.2 cm³/mol. The van der Waals surface area contributed by atoms with Crippen molar-refractivity contribution in [2.75, 3.05) is 17.2 Å². The second-order valence-corrected chi connectivity index (χ2v) is 6.24. The zero-order valence-electron chi connectivity index (χ0n) is 14.2. The summed E-state index contributed by atoms with van der Waals surface area (Å²) in [5.74, 6) is -1.04. The molecule has 0 atom stereocenters. The molecular weight excluding hydrogens is 349 g/mol. The Labute approximate surface area is 148 Å². The lowest BCUT2D eigenvalue weighted by Gasteiger charge is -2.22. The van der Waals surface area contributed by atoms with Gasteiger partial charge in [0.05, 0.1) is 18.2 Å². The molecule has 140 valence electrons. The first kappa shape index (κ1) is 19.6. The summed E-state index contributed by atoms with van der Waals surface area (Å²) < 4.78 is 39.7. The highest BCUT2D eigenvalue weighted by molar-refractivity contribution is 5.89. The Balaban J connectivity index is 2.09. The van der Waals surface area contributed by atoms with Crippen LogP contribution in [0.15, 0.2) is 18.2 Å². The van der Waals surface area contributed by atoms with Crippen LogP contribution < -0.4 is 16.0 Å². The van der Waals surface area contributed by atoms with Crippen LogP contribution in [0.2, 0.25) is 0 Å². The monoisotopic (exact) mass is 368 g/mol. The van der Waals surface area contributed by atoms with Crippen LogP contribution in [0.3, 0.4) is 0 Å². The van der Waals surface area contributed by atoms with Gasteiger partial charge in [-0.05, 0) is 43.9 Å². The number of halogens is 3. The number of amides is 2. The lowest BCUT2D eigenvalue weighted by molar-refractivity contribution is -0.137. The minimum atomic E-state index is -4.66. The summed E-state index contributed by atoms with van der Waals surface area (Å²) in [7, 11) is 0. The number of hydrogen-bond donors (Lipinski definition) is 3. The van der Waals surface area contributed by atoms with Gasteiger partial charge in [-0.2, -0.15) is 18.4 Å². The van der Waals surface area contributed by atoms with Crippen molar-refractivity contribution in [2.24, 2.45) is 0 Å². The highest BCUT2D eigenvalue weighted by atomic mass is 19.4. The van der Waals surface area contributed by atoms with Crippen LogP contribution in [-0.2, 0) is 15.8 Å². The van der Waals surface area contributed by atoms with Crippen molar-refractivity contribution in [2.45, 2.75) is 44.3 Å². The number of nitriles is 1. The Bertz CT molecular complexity index is 735. The Hall–Kier alpha value is -2.76. The van der Waals surface area contributed by atoms with Crippen molar-refractivity contribution in [1.82, 2.24) is 5.32 Å². The van der Waals surface area contributed by atoms with Gasteiger partial charge in [-0.1, -0.05) is 0 Å². The highest BCUT2D eigenvalue weighted by Gasteiger charge is 2.36. The summed E-state index contributed by atoms with van der Waals surface area (Å²) in [4.78, 5) is 23.1. The molecule has 0 aliphatic heterocycles. The third-order valence-electron chi connectivity index (χ3n) is 4.13. The molecule has 0 bridgehead atoms. The van der Waals surface area contributed by atoms with Gasteiger partial charge in [0.15, 0.2) is 0 Å². The third-order valence-corrected chi connectivity index (χ3v) is 4.13. The van der Waals surface area contributed by atoms with E-state index in [1.165, 1.54) is 13.0 Å². The van der Waals surface area contributed by atoms with Crippen molar-refractivity contribution in [1.29, 1.82) is 5.26 Å². The summed E-state index contributed by atoms with van der Waals surface area (Å²) >= 11 is 0. The van der Waals surface area contributed by atoms with E-state index in [2.05, 4.69) is 22.0 Å². The fourth-order valence-corrected chi connectivity index (χ4v) is 2.94. The van der Waals surface area contributed by atoms with Crippen molar-refractivity contribution in [3.8, 4) is 6.07 Å². The van der Waals surface area contributed by atoms with Gasteiger partial charge in [0.1, 0.15) is 5.54 Å². The van der Waals surface area contributed by atoms with E-state index in [0.717, 1.165) is 25.0 Å². The molecule has 0 aromatic heterocycles. The van der Waals surface area contributed by atoms with Gasteiger partial charge in [-0.25, -0.2) is 0 Å². The van der Waals surface area contributed by atoms with Gasteiger partial charge in [0.25, 0.3) is 0 Å². The third kappa shape index (κ3) is 4.88. The molecule has 1 aliphatic rings. The topological polar surface area (TPSA) is 94.0 Å². The molecular formula is C17H19F3N4O2. The van der Waals surface area contributed by atoms with Gasteiger partial charge >= 0.3 is 6.18 Å². The first-order valence-electron chi connectivity index (χ1n) is 8.10. The summed E-state index contributed by atoms with van der Waals surface area (Å²) in [5.41, 5.74) is -2.19. The molecule has 0 radical (unpaired) electrons. The van der Waals surface area contributed by atoms with Crippen LogP contribution in [0.5, 0.6) is 0 Å². The molecule has 0 heterocycles. The van der Waals surface area contributed by atoms with E-state index in [4.69, 9.17) is 0 Å². The number of hydrogen-bond acceptors (Lipinski definition) is 4. The zero-order chi connectivity index (χ0) is 19.4. The van der Waals surface area contributed by atoms with E-state index in [1.807, 2.05) is 0 Å². The Morgan fingerprint density at radius 2 is 1.92 bits per heavy atom. The smallest absolute Gasteiger partial charge is 0.376 e. The minimum Gasteiger partial charge on any atom is -0.376 e. The number of alkyl halides is 3. The average molecular weight is 368 g/mol. The number of carbonyl (C=O) groups excluding carboxylic acids is 2. The fourth-order valence-electron chi connectivity index (χ4n) is 2.94. The number of nitrogens with zero attached hydrogens (tertiary/aromatic N) is 1. The molecule has 2 amide bonds. The standard InChI is InChI=1S/C17H19F3N4O2/c1-11(25)23-12-4-5-14(13(8-12)17(18,19)20)22-9-15(26)24-16(10-21)6-2-3-7-16/h4-5,8,22H,2-3,6-7,9H2,1H3,(H,23,25)(H,24,26). The summed E-state index contributed by atoms with van der Waals surface area (Å²) in [6.45, 7) is 0.795. The van der Waals surface area contributed by atoms with Crippen molar-refractivity contribution >= 4 is 23.2 Å². The second-order valence-electron chi connectivity index (χ2n) is 6.24. The van der Waals surface area contributed by atoms with Gasteiger partial charge < -0.3 is 16.0 Å². The molecule has 3 N–H and O–H groups in total. The Morgan fingerprint density at radius 1 is 1.27 bits per heavy atom. The molecule has 0 saturated heterocycles. The molecule has 1 aromatic carbocycles. The maximum atomic E-state index is 13.2. The largest absolute Gasteiger partial charge is 0.418 e. The average Bonchev–Trinajstić information content (AvgIpc) is 3.01. The quantitative estimate of drug-likeness (QED) is 0.745. The first-order chi connectivity index (χ1) is 12.1. The normalized spacial score (nSPS) is 15.8. The number of carbonyl (C=O) groups is 2. The lowest BCUT2D eigenvalue weighted by atomic mass is 10.00. The fraction of sp³-hybridized carbons (Fsp3) is 0.471. The Morgan fingerprint density at radius 3 is 2.46 bits per heavy atom. The van der Waals surface area contributed by atoms with Crippen LogP contribution in [-0.4, -0.2) is 23.9 Å². The lowest BCUT2D eigenvalue weighted by Crippen LogP contribution is -2.47. The first-order valence-corrected chi connectivity index (χ1v) is 8.10. The number of anilines is 2. The summed E-state index contributed by atoms with van der Waals surface area (Å²) in [6.07, 6.45) is -1.94. The maximum absolute atomic E-state index is 13.2. The predicted octanol–water partition coefficient (Wildman–Crippen LogP) is 3.03. The molecule has 1 aromatic rings. The molecule has 1 saturated carbocycles. The van der Waals surface area contributed by atoms with Gasteiger partial charge in [-0.3, -0.25) is 9.59 Å². The minimum absolute atomic E-state index is 0.00853. The zero-order valence-corrected chi connectivity index (χ0v) is 14.2. The van der Waals surface area contributed by atoms with Gasteiger partial charge in [0, 0.05) is 18.3 Å². The second kappa shape index (κ2) is 7.64. The molecule has 1 aliphatic carbocycles. The summed E-state index contributed by atoms with van der Waals surface area (Å²) in [5, 5.41) is 16.6. The molecule has 9 heteroatoms. The molecule has 0 unspecified atom stereocenters. The van der Waals surface area contributed by atoms with E-state index in [-0.39, 0.29) is 11.4 Å². The van der Waals surface area contributed by atoms with Crippen LogP contribution in [0.25, 0.3) is 0 Å². The van der Waals surface area contributed by atoms with Crippen LogP contribution >= 0.6 is 0 Å². The molecule has 0 spiro atoms. The molecule has 6 nitrogen and oxygen atoms in total. The van der Waals surface area contributed by atoms with Gasteiger partial charge in [0.2, 0.25) is 11.8 Å². The van der Waals surface area contributed by atoms with Crippen molar-refractivity contribution in [3.63, 3.8) is 0 Å². The SMILES string of the molecule is CC(=O)Nc1ccc(NCC(=O)NC2(C#N)CCCC2)c(C(F)(F)F)c1. The van der Waals surface area contributed by atoms with Crippen LogP contribution in [0, 0.1) is 11.3 Å². The Kier molecular flexibility index (Phi) is 5.75. The van der Waals surface area contributed by atoms with E-state index in [0.29, 0.717) is 12.8 Å². The van der Waals surface area contributed by atoms with Crippen LogP contribution in [0.1, 0.15) is 38.2 Å². The van der Waals surface area contributed by atoms with E-state index in [1.54, 1.807) is 0 Å². The van der Waals surface area contributed by atoms with E-state index >= 15 is 0 Å². The number of nitrogens with one attached hydrogen (secondary N) is 3. The van der Waals surface area contributed by atoms with Crippen molar-refractivity contribution < 1.29 is 22.8 Å². The summed E-state index contributed by atoms with van der Waals surface area (Å²) in [6, 6.07) is 5.35. The van der Waals surface area contributed by atoms with Gasteiger partial charge in [-0.15, -0.1) is 0 Å². The highest BCUT2D eigenvalue weighted by Crippen LogP contribution is 2.36. The maximum Gasteiger partial charge on any atom is 0.418 e. The molecule has 2 rings (SSSR count). The number of benzene rings is 1. The van der Waals surface area contributed by atoms with E-state index < -0.39 is 35.6 Å². The van der Waals surface area contributed by atoms with Crippen LogP contribution in [0.4, 0.5) is 24.5 Å². The molecule has 26 heavy (non-hydrogen) atoms. The van der Waals surface area contributed by atoms with E-state index in [9.17, 15) is 28.0 Å². The number of rotatable bonds is 5. The molecule has 1 fully saturated rings. The van der Waals surface area contributed by atoms with Crippen molar-refractivity contribution in [3.05, 3.63) is 23.8 Å².